The van der Waals surface area contributed by atoms with E-state index in [1.165, 1.54) is 11.1 Å². The number of hydrogen-bond donors (Lipinski definition) is 3. The standard InChI is InChI=1S/C31H35N3O3/c1-28-8-6-22-13-21-4-5-25(34-17-24(32)18-34)15-29(21)9-10-30(22,37-29)26(28)14-27(35)31(28,36)23-3-2-19-7-11-33-16-20(19)12-23/h2-7,11-13,16,24-27,35-36H,8-10,14-15,17-18,32H2,1H3/t25-,26-,27-,28+,29-,30?,31-/m1/s1. The molecular formula is C31H35N3O3. The van der Waals surface area contributed by atoms with Gasteiger partial charge in [-0.15, -0.1) is 0 Å². The van der Waals surface area contributed by atoms with Crippen molar-refractivity contribution in [2.75, 3.05) is 13.1 Å². The van der Waals surface area contributed by atoms with E-state index in [0.717, 1.165) is 48.7 Å². The zero-order valence-corrected chi connectivity index (χ0v) is 21.3. The van der Waals surface area contributed by atoms with Crippen molar-refractivity contribution in [3.63, 3.8) is 0 Å². The van der Waals surface area contributed by atoms with Crippen LogP contribution in [0.4, 0.5) is 0 Å². The van der Waals surface area contributed by atoms with Gasteiger partial charge in [0.2, 0.25) is 0 Å². The average Bonchev–Trinajstić information content (AvgIpc) is 3.31. The molecule has 4 N–H and O–H groups in total. The molecule has 0 radical (unpaired) electrons. The van der Waals surface area contributed by atoms with Gasteiger partial charge in [0.05, 0.1) is 17.3 Å². The Balaban J connectivity index is 1.20. The molecule has 2 bridgehead atoms. The summed E-state index contributed by atoms with van der Waals surface area (Å²) in [6.45, 7) is 4.06. The summed E-state index contributed by atoms with van der Waals surface area (Å²) in [5.74, 6) is 0.0172. The van der Waals surface area contributed by atoms with Gasteiger partial charge in [0.25, 0.3) is 0 Å². The lowest BCUT2D eigenvalue weighted by Crippen LogP contribution is -2.61. The Labute approximate surface area is 217 Å². The Morgan fingerprint density at radius 2 is 2.00 bits per heavy atom. The molecule has 6 nitrogen and oxygen atoms in total. The molecule has 1 aromatic carbocycles. The maximum atomic E-state index is 12.5. The molecule has 4 heterocycles. The first-order chi connectivity index (χ1) is 17.8. The molecular weight excluding hydrogens is 462 g/mol. The monoisotopic (exact) mass is 497 g/mol. The van der Waals surface area contributed by atoms with Gasteiger partial charge < -0.3 is 20.7 Å². The second-order valence-corrected chi connectivity index (χ2v) is 12.7. The summed E-state index contributed by atoms with van der Waals surface area (Å²) < 4.78 is 7.31. The number of likely N-dealkylation sites (tertiary alicyclic amines) is 1. The second-order valence-electron chi connectivity index (χ2n) is 12.7. The fourth-order valence-corrected chi connectivity index (χ4v) is 8.97. The predicted molar refractivity (Wildman–Crippen MR) is 142 cm³/mol. The third kappa shape index (κ3) is 2.70. The molecule has 1 aromatic heterocycles. The van der Waals surface area contributed by atoms with E-state index >= 15 is 0 Å². The fourth-order valence-electron chi connectivity index (χ4n) is 8.97. The predicted octanol–water partition coefficient (Wildman–Crippen LogP) is 3.34. The smallest absolute Gasteiger partial charge is 0.121 e. The van der Waals surface area contributed by atoms with E-state index in [-0.39, 0.29) is 17.6 Å². The van der Waals surface area contributed by atoms with Crippen LogP contribution in [0.5, 0.6) is 0 Å². The topological polar surface area (TPSA) is 91.8 Å². The first-order valence-corrected chi connectivity index (χ1v) is 13.8. The Bertz CT molecular complexity index is 1410. The van der Waals surface area contributed by atoms with E-state index < -0.39 is 22.7 Å². The van der Waals surface area contributed by atoms with Crippen LogP contribution in [0.15, 0.2) is 72.1 Å². The Morgan fingerprint density at radius 3 is 2.84 bits per heavy atom. The number of nitrogens with two attached hydrogens (primary N) is 1. The maximum absolute atomic E-state index is 12.5. The third-order valence-electron chi connectivity index (χ3n) is 11.0. The highest BCUT2D eigenvalue weighted by Gasteiger charge is 2.72. The van der Waals surface area contributed by atoms with Crippen molar-refractivity contribution in [3.8, 4) is 0 Å². The Morgan fingerprint density at radius 1 is 1.14 bits per heavy atom. The number of nitrogens with zero attached hydrogens (tertiary/aromatic N) is 2. The van der Waals surface area contributed by atoms with Crippen LogP contribution in [0.3, 0.4) is 0 Å². The number of aliphatic hydroxyl groups is 2. The van der Waals surface area contributed by atoms with Gasteiger partial charge in [-0.05, 0) is 66.3 Å². The molecule has 3 fully saturated rings. The number of aliphatic hydroxyl groups excluding tert-OH is 1. The molecule has 2 spiro atoms. The lowest BCUT2D eigenvalue weighted by molar-refractivity contribution is -0.173. The number of hydrogen-bond acceptors (Lipinski definition) is 6. The summed E-state index contributed by atoms with van der Waals surface area (Å²) in [5, 5.41) is 26.1. The average molecular weight is 498 g/mol. The zero-order valence-electron chi connectivity index (χ0n) is 21.3. The molecule has 8 rings (SSSR count). The van der Waals surface area contributed by atoms with Crippen molar-refractivity contribution >= 4 is 10.8 Å². The first kappa shape index (κ1) is 22.6. The summed E-state index contributed by atoms with van der Waals surface area (Å²) in [6.07, 6.45) is 16.1. The molecule has 2 saturated heterocycles. The number of pyridine rings is 1. The van der Waals surface area contributed by atoms with Crippen LogP contribution in [-0.2, 0) is 10.3 Å². The lowest BCUT2D eigenvalue weighted by atomic mass is 9.56. The fraction of sp³-hybridized carbons (Fsp3) is 0.516. The van der Waals surface area contributed by atoms with Gasteiger partial charge >= 0.3 is 0 Å². The van der Waals surface area contributed by atoms with Crippen LogP contribution in [0.1, 0.15) is 44.6 Å². The van der Waals surface area contributed by atoms with Gasteiger partial charge in [0.15, 0.2) is 0 Å². The maximum Gasteiger partial charge on any atom is 0.121 e. The second kappa shape index (κ2) is 7.19. The normalized spacial score (nSPS) is 44.6. The number of fused-ring (bicyclic) bond motifs is 2. The highest BCUT2D eigenvalue weighted by Crippen LogP contribution is 2.70. The van der Waals surface area contributed by atoms with Crippen LogP contribution >= 0.6 is 0 Å². The van der Waals surface area contributed by atoms with Gasteiger partial charge in [0, 0.05) is 54.3 Å². The van der Waals surface area contributed by atoms with Gasteiger partial charge in [0.1, 0.15) is 5.60 Å². The van der Waals surface area contributed by atoms with E-state index in [0.29, 0.717) is 18.9 Å². The van der Waals surface area contributed by atoms with Crippen LogP contribution in [0.2, 0.25) is 0 Å². The molecule has 37 heavy (non-hydrogen) atoms. The highest BCUT2D eigenvalue weighted by molar-refractivity contribution is 5.82. The van der Waals surface area contributed by atoms with E-state index in [9.17, 15) is 10.2 Å². The molecule has 1 saturated carbocycles. The molecule has 1 unspecified atom stereocenters. The van der Waals surface area contributed by atoms with E-state index in [2.05, 4.69) is 41.1 Å². The summed E-state index contributed by atoms with van der Waals surface area (Å²) in [6, 6.07) is 8.64. The van der Waals surface area contributed by atoms with Crippen molar-refractivity contribution in [1.29, 1.82) is 0 Å². The van der Waals surface area contributed by atoms with E-state index in [1.807, 2.05) is 30.5 Å². The van der Waals surface area contributed by atoms with Gasteiger partial charge in [-0.25, -0.2) is 0 Å². The van der Waals surface area contributed by atoms with Crippen LogP contribution < -0.4 is 5.73 Å². The summed E-state index contributed by atoms with van der Waals surface area (Å²) in [5.41, 5.74) is 6.69. The molecule has 7 atom stereocenters. The van der Waals surface area contributed by atoms with Crippen molar-refractivity contribution in [1.82, 2.24) is 9.88 Å². The van der Waals surface area contributed by atoms with Crippen LogP contribution in [0.25, 0.3) is 10.8 Å². The highest BCUT2D eigenvalue weighted by atomic mass is 16.5. The largest absolute Gasteiger partial charge is 0.390 e. The molecule has 6 aliphatic rings. The minimum absolute atomic E-state index is 0.0172. The van der Waals surface area contributed by atoms with E-state index in [1.54, 1.807) is 6.20 Å². The summed E-state index contributed by atoms with van der Waals surface area (Å²) in [4.78, 5) is 6.74. The Hall–Kier alpha value is -2.35. The molecule has 2 aromatic rings. The third-order valence-corrected chi connectivity index (χ3v) is 11.0. The molecule has 3 aliphatic heterocycles. The molecule has 0 amide bonds. The van der Waals surface area contributed by atoms with E-state index in [4.69, 9.17) is 10.5 Å². The SMILES string of the molecule is C[C@]12CC=C3C=C4C=C[C@@H](N5CC(N)C5)C[C@]45CCC3(O5)[C@@H]1C[C@@H](O)[C@]2(O)c1ccc2ccncc2c1. The van der Waals surface area contributed by atoms with Crippen LogP contribution in [-0.4, -0.2) is 62.6 Å². The Kier molecular flexibility index (Phi) is 4.39. The lowest BCUT2D eigenvalue weighted by Gasteiger charge is -2.55. The molecule has 6 heteroatoms. The minimum atomic E-state index is -1.37. The van der Waals surface area contributed by atoms with Crippen molar-refractivity contribution in [2.24, 2.45) is 17.1 Å². The summed E-state index contributed by atoms with van der Waals surface area (Å²) >= 11 is 0. The molecule has 192 valence electrons. The van der Waals surface area contributed by atoms with Gasteiger partial charge in [-0.3, -0.25) is 9.88 Å². The first-order valence-electron chi connectivity index (χ1n) is 13.8. The number of benzene rings is 1. The number of ether oxygens (including phenoxy) is 1. The van der Waals surface area contributed by atoms with Crippen molar-refractivity contribution in [3.05, 3.63) is 77.7 Å². The number of aromatic nitrogens is 1. The quantitative estimate of drug-likeness (QED) is 0.590. The van der Waals surface area contributed by atoms with Crippen molar-refractivity contribution in [2.45, 2.75) is 74.0 Å². The van der Waals surface area contributed by atoms with Crippen LogP contribution in [0, 0.1) is 11.3 Å². The van der Waals surface area contributed by atoms with Crippen molar-refractivity contribution < 1.29 is 14.9 Å². The van der Waals surface area contributed by atoms with Gasteiger partial charge in [-0.1, -0.05) is 43.4 Å². The number of allylic oxidation sites excluding steroid dienone is 1. The zero-order chi connectivity index (χ0) is 25.2. The van der Waals surface area contributed by atoms with Gasteiger partial charge in [-0.2, -0.15) is 0 Å². The number of rotatable bonds is 2. The summed E-state index contributed by atoms with van der Waals surface area (Å²) in [7, 11) is 0. The molecule has 3 aliphatic carbocycles. The minimum Gasteiger partial charge on any atom is -0.390 e.